The van der Waals surface area contributed by atoms with Crippen LogP contribution in [0.25, 0.3) is 0 Å². The Hall–Kier alpha value is -0.0900. The zero-order valence-electron chi connectivity index (χ0n) is 6.71. The van der Waals surface area contributed by atoms with Crippen LogP contribution in [0, 0.1) is 5.41 Å². The summed E-state index contributed by atoms with van der Waals surface area (Å²) >= 11 is 0. The molecule has 3 nitrogen and oxygen atoms in total. The van der Waals surface area contributed by atoms with Crippen LogP contribution >= 0.6 is 0 Å². The fourth-order valence-electron chi connectivity index (χ4n) is 2.29. The van der Waals surface area contributed by atoms with Gasteiger partial charge in [-0.2, -0.15) is 0 Å². The van der Waals surface area contributed by atoms with Gasteiger partial charge in [0.1, 0.15) is 0 Å². The van der Waals surface area contributed by atoms with Crippen LogP contribution in [-0.2, 0) is 9.84 Å². The van der Waals surface area contributed by atoms with Crippen molar-refractivity contribution in [2.45, 2.75) is 6.42 Å². The van der Waals surface area contributed by atoms with Crippen LogP contribution in [0.5, 0.6) is 0 Å². The molecule has 0 atom stereocenters. The predicted molar refractivity (Wildman–Crippen MR) is 43.2 cm³/mol. The van der Waals surface area contributed by atoms with E-state index in [1.54, 1.807) is 0 Å². The van der Waals surface area contributed by atoms with Crippen molar-refractivity contribution in [1.29, 1.82) is 0 Å². The number of hydrogen-bond acceptors (Lipinski definition) is 3. The largest absolute Gasteiger partial charge is 0.306 e. The minimum absolute atomic E-state index is 0.160. The van der Waals surface area contributed by atoms with E-state index in [1.807, 2.05) is 0 Å². The van der Waals surface area contributed by atoms with E-state index >= 15 is 0 Å². The molecule has 4 heteroatoms. The van der Waals surface area contributed by atoms with Crippen molar-refractivity contribution in [3.8, 4) is 0 Å². The zero-order valence-corrected chi connectivity index (χ0v) is 7.52. The molecular formula is C7H13NO2S. The van der Waals surface area contributed by atoms with Crippen molar-refractivity contribution >= 4 is 9.84 Å². The summed E-state index contributed by atoms with van der Waals surface area (Å²) in [5.41, 5.74) is 0.160. The van der Waals surface area contributed by atoms with E-state index in [2.05, 4.69) is 11.9 Å². The molecule has 0 unspecified atom stereocenters. The second-order valence-corrected chi connectivity index (χ2v) is 6.08. The molecular weight excluding hydrogens is 162 g/mol. The first-order valence-corrected chi connectivity index (χ1v) is 5.73. The molecule has 0 amide bonds. The van der Waals surface area contributed by atoms with Gasteiger partial charge >= 0.3 is 0 Å². The first-order chi connectivity index (χ1) is 5.02. The molecule has 0 saturated carbocycles. The standard InChI is InChI=1S/C7H13NO2S/c1-8-3-2-7(4-8)5-11(9,10)6-7/h2-6H2,1H3. The molecule has 11 heavy (non-hydrogen) atoms. The molecule has 2 saturated heterocycles. The lowest BCUT2D eigenvalue weighted by Crippen LogP contribution is -2.49. The van der Waals surface area contributed by atoms with Crippen LogP contribution in [-0.4, -0.2) is 45.0 Å². The third-order valence-electron chi connectivity index (χ3n) is 2.68. The van der Waals surface area contributed by atoms with Gasteiger partial charge in [0.25, 0.3) is 0 Å². The van der Waals surface area contributed by atoms with Gasteiger partial charge in [0.2, 0.25) is 0 Å². The Morgan fingerprint density at radius 1 is 1.36 bits per heavy atom. The highest BCUT2D eigenvalue weighted by Gasteiger charge is 2.51. The second kappa shape index (κ2) is 1.98. The molecule has 2 rings (SSSR count). The van der Waals surface area contributed by atoms with Gasteiger partial charge in [-0.25, -0.2) is 8.42 Å². The molecule has 0 aromatic rings. The van der Waals surface area contributed by atoms with Gasteiger partial charge in [-0.05, 0) is 20.0 Å². The van der Waals surface area contributed by atoms with Crippen LogP contribution in [0.1, 0.15) is 6.42 Å². The summed E-state index contributed by atoms with van der Waals surface area (Å²) in [6, 6.07) is 0. The van der Waals surface area contributed by atoms with Gasteiger partial charge in [0, 0.05) is 12.0 Å². The highest BCUT2D eigenvalue weighted by molar-refractivity contribution is 7.92. The molecule has 2 fully saturated rings. The fraction of sp³-hybridized carbons (Fsp3) is 1.00. The Morgan fingerprint density at radius 2 is 2.00 bits per heavy atom. The van der Waals surface area contributed by atoms with E-state index in [-0.39, 0.29) is 5.41 Å². The molecule has 0 aliphatic carbocycles. The van der Waals surface area contributed by atoms with Gasteiger partial charge in [0.15, 0.2) is 9.84 Å². The van der Waals surface area contributed by atoms with Crippen molar-refractivity contribution in [1.82, 2.24) is 4.90 Å². The van der Waals surface area contributed by atoms with Gasteiger partial charge in [-0.1, -0.05) is 0 Å². The molecule has 0 aromatic heterocycles. The molecule has 0 aromatic carbocycles. The predicted octanol–water partition coefficient (Wildman–Crippen LogP) is -0.263. The van der Waals surface area contributed by atoms with Crippen LogP contribution < -0.4 is 0 Å². The van der Waals surface area contributed by atoms with E-state index in [0.29, 0.717) is 11.5 Å². The molecule has 2 aliphatic heterocycles. The van der Waals surface area contributed by atoms with Gasteiger partial charge in [0.05, 0.1) is 11.5 Å². The normalized spacial score (nSPS) is 33.9. The summed E-state index contributed by atoms with van der Waals surface area (Å²) in [6.45, 7) is 2.04. The first-order valence-electron chi connectivity index (χ1n) is 3.90. The Bertz CT molecular complexity index is 258. The van der Waals surface area contributed by atoms with E-state index in [0.717, 1.165) is 19.5 Å². The van der Waals surface area contributed by atoms with Gasteiger partial charge < -0.3 is 4.90 Å². The number of sulfone groups is 1. The lowest BCUT2D eigenvalue weighted by atomic mass is 9.91. The second-order valence-electron chi connectivity index (χ2n) is 4.02. The monoisotopic (exact) mass is 175 g/mol. The molecule has 0 N–H and O–H groups in total. The molecule has 0 radical (unpaired) electrons. The van der Waals surface area contributed by atoms with Crippen molar-refractivity contribution in [2.75, 3.05) is 31.6 Å². The average Bonchev–Trinajstić information content (AvgIpc) is 2.08. The average molecular weight is 175 g/mol. The Kier molecular flexibility index (Phi) is 1.36. The zero-order chi connectivity index (χ0) is 8.11. The SMILES string of the molecule is CN1CCC2(C1)CS(=O)(=O)C2. The summed E-state index contributed by atoms with van der Waals surface area (Å²) < 4.78 is 21.9. The van der Waals surface area contributed by atoms with Crippen LogP contribution in [0.3, 0.4) is 0 Å². The third-order valence-corrected chi connectivity index (χ3v) is 4.79. The van der Waals surface area contributed by atoms with E-state index in [4.69, 9.17) is 0 Å². The molecule has 2 aliphatic rings. The lowest BCUT2D eigenvalue weighted by molar-refractivity contribution is 0.316. The van der Waals surface area contributed by atoms with Crippen molar-refractivity contribution < 1.29 is 8.42 Å². The number of hydrogen-bond donors (Lipinski definition) is 0. The van der Waals surface area contributed by atoms with Crippen LogP contribution in [0.2, 0.25) is 0 Å². The maximum Gasteiger partial charge on any atom is 0.151 e. The quantitative estimate of drug-likeness (QED) is 0.509. The maximum absolute atomic E-state index is 10.9. The minimum atomic E-state index is -2.62. The highest BCUT2D eigenvalue weighted by atomic mass is 32.2. The smallest absolute Gasteiger partial charge is 0.151 e. The summed E-state index contributed by atoms with van der Waals surface area (Å²) in [5.74, 6) is 0.870. The Morgan fingerprint density at radius 3 is 2.36 bits per heavy atom. The lowest BCUT2D eigenvalue weighted by Gasteiger charge is -2.37. The van der Waals surface area contributed by atoms with Gasteiger partial charge in [-0.15, -0.1) is 0 Å². The summed E-state index contributed by atoms with van der Waals surface area (Å²) in [6.07, 6.45) is 1.07. The van der Waals surface area contributed by atoms with Crippen molar-refractivity contribution in [2.24, 2.45) is 5.41 Å². The van der Waals surface area contributed by atoms with Gasteiger partial charge in [-0.3, -0.25) is 0 Å². The number of likely N-dealkylation sites (tertiary alicyclic amines) is 1. The third kappa shape index (κ3) is 1.18. The van der Waals surface area contributed by atoms with E-state index in [9.17, 15) is 8.42 Å². The van der Waals surface area contributed by atoms with Crippen molar-refractivity contribution in [3.05, 3.63) is 0 Å². The fourth-order valence-corrected chi connectivity index (χ4v) is 4.54. The summed E-state index contributed by atoms with van der Waals surface area (Å²) in [5, 5.41) is 0. The number of rotatable bonds is 0. The molecule has 1 spiro atoms. The van der Waals surface area contributed by atoms with Crippen molar-refractivity contribution in [3.63, 3.8) is 0 Å². The first kappa shape index (κ1) is 7.55. The van der Waals surface area contributed by atoms with E-state index < -0.39 is 9.84 Å². The summed E-state index contributed by atoms with van der Waals surface area (Å²) in [4.78, 5) is 2.22. The van der Waals surface area contributed by atoms with Crippen LogP contribution in [0.4, 0.5) is 0 Å². The number of nitrogens with zero attached hydrogens (tertiary/aromatic N) is 1. The topological polar surface area (TPSA) is 37.4 Å². The Labute approximate surface area is 67.3 Å². The molecule has 64 valence electrons. The maximum atomic E-state index is 10.9. The minimum Gasteiger partial charge on any atom is -0.306 e. The van der Waals surface area contributed by atoms with Crippen LogP contribution in [0.15, 0.2) is 0 Å². The highest BCUT2D eigenvalue weighted by Crippen LogP contribution is 2.40. The summed E-state index contributed by atoms with van der Waals surface area (Å²) in [7, 11) is -0.568. The Balaban J connectivity index is 2.08. The van der Waals surface area contributed by atoms with E-state index in [1.165, 1.54) is 0 Å². The molecule has 2 heterocycles. The molecule has 0 bridgehead atoms.